The van der Waals surface area contributed by atoms with Gasteiger partial charge in [0.05, 0.1) is 37.3 Å². The van der Waals surface area contributed by atoms with Gasteiger partial charge in [-0.2, -0.15) is 5.26 Å². The molecule has 6 rings (SSSR count). The molecule has 1 aliphatic carbocycles. The molecule has 2 saturated heterocycles. The van der Waals surface area contributed by atoms with Crippen LogP contribution >= 0.6 is 23.2 Å². The standard InChI is InChI=1S/C26H24Cl2N4O2/c27-22-2-1-3-23(28)24(22)25-21(26(34-31-25)15-4-5-15)14-33-20-10-17-8-9-18(11-20)32(17)19-7-6-16(12-29)30-13-19/h1-3,6-7,13,15,17-18,20H,4-5,8-11,14H2/t17-,18+,20?/i14D2. The lowest BCUT2D eigenvalue weighted by molar-refractivity contribution is 0.0147. The van der Waals surface area contributed by atoms with Crippen LogP contribution in [0.2, 0.25) is 10.0 Å². The number of nitriles is 1. The first-order chi connectivity index (χ1) is 17.4. The van der Waals surface area contributed by atoms with Gasteiger partial charge in [0.1, 0.15) is 23.2 Å². The Bertz CT molecular complexity index is 1300. The summed E-state index contributed by atoms with van der Waals surface area (Å²) < 4.78 is 30.0. The Hall–Kier alpha value is -2.59. The summed E-state index contributed by atoms with van der Waals surface area (Å²) >= 11 is 12.9. The number of anilines is 1. The maximum atomic E-state index is 9.05. The van der Waals surface area contributed by atoms with E-state index in [1.807, 2.05) is 6.07 Å². The number of hydrogen-bond donors (Lipinski definition) is 0. The zero-order chi connectivity index (χ0) is 25.0. The van der Waals surface area contributed by atoms with Gasteiger partial charge in [-0.05, 0) is 62.8 Å². The lowest BCUT2D eigenvalue weighted by atomic mass is 9.98. The maximum absolute atomic E-state index is 9.05. The third-order valence-electron chi connectivity index (χ3n) is 7.04. The third kappa shape index (κ3) is 3.96. The van der Waals surface area contributed by atoms with Crippen LogP contribution in [0.3, 0.4) is 0 Å². The van der Waals surface area contributed by atoms with Gasteiger partial charge in [0.15, 0.2) is 0 Å². The molecule has 2 aromatic heterocycles. The van der Waals surface area contributed by atoms with Crippen LogP contribution < -0.4 is 4.90 Å². The Morgan fingerprint density at radius 1 is 1.12 bits per heavy atom. The molecule has 0 radical (unpaired) electrons. The van der Waals surface area contributed by atoms with E-state index in [-0.39, 0.29) is 24.1 Å². The quantitative estimate of drug-likeness (QED) is 0.387. The van der Waals surface area contributed by atoms with Crippen molar-refractivity contribution < 1.29 is 12.0 Å². The summed E-state index contributed by atoms with van der Waals surface area (Å²) in [6.45, 7) is -2.13. The summed E-state index contributed by atoms with van der Waals surface area (Å²) in [4.78, 5) is 6.59. The molecule has 2 aliphatic heterocycles. The van der Waals surface area contributed by atoms with Gasteiger partial charge in [0.25, 0.3) is 0 Å². The molecule has 174 valence electrons. The van der Waals surface area contributed by atoms with Gasteiger partial charge in [0.2, 0.25) is 0 Å². The molecule has 3 atom stereocenters. The van der Waals surface area contributed by atoms with Gasteiger partial charge in [0, 0.05) is 29.1 Å². The highest BCUT2D eigenvalue weighted by Crippen LogP contribution is 2.47. The highest BCUT2D eigenvalue weighted by atomic mass is 35.5. The summed E-state index contributed by atoms with van der Waals surface area (Å²) in [6.07, 6.45) is 6.75. The highest BCUT2D eigenvalue weighted by Gasteiger charge is 2.42. The third-order valence-corrected chi connectivity index (χ3v) is 7.67. The zero-order valence-electron chi connectivity index (χ0n) is 20.4. The molecule has 0 amide bonds. The van der Waals surface area contributed by atoms with Gasteiger partial charge in [-0.25, -0.2) is 4.98 Å². The number of pyridine rings is 1. The fourth-order valence-corrected chi connectivity index (χ4v) is 5.89. The molecule has 1 saturated carbocycles. The smallest absolute Gasteiger partial charge is 0.145 e. The first kappa shape index (κ1) is 19.7. The number of halogens is 2. The SMILES string of the molecule is [2H]C([2H])(OC1C[C@H]2CC[C@@H](C1)N2c1ccc(C#N)nc1)c1c(-c2c(Cl)cccc2Cl)noc1C1CC1. The topological polar surface area (TPSA) is 75.2 Å². The summed E-state index contributed by atoms with van der Waals surface area (Å²) in [5.74, 6) is 0.651. The number of fused-ring (bicyclic) bond motifs is 2. The molecule has 2 bridgehead atoms. The fourth-order valence-electron chi connectivity index (χ4n) is 5.31. The summed E-state index contributed by atoms with van der Waals surface area (Å²) in [5.41, 5.74) is 2.45. The normalized spacial score (nSPS) is 25.1. The maximum Gasteiger partial charge on any atom is 0.145 e. The van der Waals surface area contributed by atoms with E-state index >= 15 is 0 Å². The summed E-state index contributed by atoms with van der Waals surface area (Å²) in [5, 5.41) is 14.1. The van der Waals surface area contributed by atoms with Crippen molar-refractivity contribution in [2.45, 2.75) is 69.2 Å². The molecular formula is C26H24Cl2N4O2. The van der Waals surface area contributed by atoms with Crippen LogP contribution in [0.5, 0.6) is 0 Å². The van der Waals surface area contributed by atoms with E-state index in [0.29, 0.717) is 51.2 Å². The summed E-state index contributed by atoms with van der Waals surface area (Å²) in [6, 6.07) is 11.3. The minimum absolute atomic E-state index is 0.128. The average Bonchev–Trinajstić information content (AvgIpc) is 3.54. The molecule has 8 heteroatoms. The Morgan fingerprint density at radius 2 is 1.85 bits per heavy atom. The molecule has 0 spiro atoms. The fraction of sp³-hybridized carbons (Fsp3) is 0.423. The molecule has 34 heavy (non-hydrogen) atoms. The van der Waals surface area contributed by atoms with Gasteiger partial charge in [-0.3, -0.25) is 0 Å². The van der Waals surface area contributed by atoms with Crippen LogP contribution in [0.1, 0.15) is 64.2 Å². The van der Waals surface area contributed by atoms with Crippen LogP contribution in [-0.2, 0) is 11.3 Å². The minimum atomic E-state index is -2.13. The lowest BCUT2D eigenvalue weighted by Gasteiger charge is -2.40. The van der Waals surface area contributed by atoms with Crippen molar-refractivity contribution in [1.29, 1.82) is 5.26 Å². The predicted octanol–water partition coefficient (Wildman–Crippen LogP) is 6.51. The molecule has 3 aromatic rings. The van der Waals surface area contributed by atoms with Crippen molar-refractivity contribution in [2.75, 3.05) is 4.90 Å². The van der Waals surface area contributed by atoms with E-state index < -0.39 is 6.56 Å². The largest absolute Gasteiger partial charge is 0.373 e. The number of rotatable bonds is 6. The van der Waals surface area contributed by atoms with Gasteiger partial charge in [-0.15, -0.1) is 0 Å². The highest BCUT2D eigenvalue weighted by molar-refractivity contribution is 6.39. The second-order valence-corrected chi connectivity index (χ2v) is 10.1. The predicted molar refractivity (Wildman–Crippen MR) is 130 cm³/mol. The van der Waals surface area contributed by atoms with Crippen molar-refractivity contribution in [1.82, 2.24) is 10.1 Å². The van der Waals surface area contributed by atoms with Crippen LogP contribution in [-0.4, -0.2) is 28.3 Å². The first-order valence-electron chi connectivity index (χ1n) is 12.6. The summed E-state index contributed by atoms with van der Waals surface area (Å²) in [7, 11) is 0. The van der Waals surface area contributed by atoms with Crippen molar-refractivity contribution in [3.05, 3.63) is 63.6 Å². The first-order valence-corrected chi connectivity index (χ1v) is 12.4. The van der Waals surface area contributed by atoms with Gasteiger partial charge < -0.3 is 14.2 Å². The molecule has 1 unspecified atom stereocenters. The number of benzene rings is 1. The van der Waals surface area contributed by atoms with E-state index in [9.17, 15) is 0 Å². The van der Waals surface area contributed by atoms with E-state index in [1.54, 1.807) is 30.5 Å². The average molecular weight is 497 g/mol. The second kappa shape index (κ2) is 8.88. The molecule has 6 nitrogen and oxygen atoms in total. The molecule has 4 heterocycles. The molecular weight excluding hydrogens is 471 g/mol. The number of nitrogens with zero attached hydrogens (tertiary/aromatic N) is 4. The van der Waals surface area contributed by atoms with Gasteiger partial charge in [-0.1, -0.05) is 34.4 Å². The Kier molecular flexibility index (Phi) is 5.14. The van der Waals surface area contributed by atoms with Crippen molar-refractivity contribution in [3.63, 3.8) is 0 Å². The lowest BCUT2D eigenvalue weighted by Crippen LogP contribution is -2.45. The Morgan fingerprint density at radius 3 is 2.47 bits per heavy atom. The Labute approximate surface area is 211 Å². The van der Waals surface area contributed by atoms with E-state index in [4.69, 9.17) is 40.5 Å². The van der Waals surface area contributed by atoms with Crippen molar-refractivity contribution >= 4 is 28.9 Å². The van der Waals surface area contributed by atoms with Gasteiger partial charge >= 0.3 is 0 Å². The second-order valence-electron chi connectivity index (χ2n) is 9.26. The van der Waals surface area contributed by atoms with Crippen molar-refractivity contribution in [2.24, 2.45) is 0 Å². The van der Waals surface area contributed by atoms with Crippen LogP contribution in [0.4, 0.5) is 5.69 Å². The van der Waals surface area contributed by atoms with Crippen LogP contribution in [0.25, 0.3) is 11.3 Å². The number of ether oxygens (including phenoxy) is 1. The van der Waals surface area contributed by atoms with E-state index in [0.717, 1.165) is 31.4 Å². The molecule has 1 aromatic carbocycles. The molecule has 3 fully saturated rings. The van der Waals surface area contributed by atoms with Crippen LogP contribution in [0.15, 0.2) is 41.1 Å². The number of piperidine rings is 1. The van der Waals surface area contributed by atoms with E-state index in [2.05, 4.69) is 21.1 Å². The molecule has 3 aliphatic rings. The number of hydrogen-bond acceptors (Lipinski definition) is 6. The minimum Gasteiger partial charge on any atom is -0.373 e. The monoisotopic (exact) mass is 496 g/mol. The number of aromatic nitrogens is 2. The Balaban J connectivity index is 1.28. The zero-order valence-corrected chi connectivity index (χ0v) is 19.9. The molecule has 0 N–H and O–H groups in total. The van der Waals surface area contributed by atoms with E-state index in [1.165, 1.54) is 0 Å². The van der Waals surface area contributed by atoms with Crippen molar-refractivity contribution in [3.8, 4) is 17.3 Å². The van der Waals surface area contributed by atoms with Crippen LogP contribution in [0, 0.1) is 11.3 Å².